The maximum Gasteiger partial charge on any atom is 0.0257 e. The van der Waals surface area contributed by atoms with Crippen LogP contribution in [0.2, 0.25) is 0 Å². The van der Waals surface area contributed by atoms with Gasteiger partial charge in [0.05, 0.1) is 0 Å². The van der Waals surface area contributed by atoms with Gasteiger partial charge >= 0.3 is 0 Å². The van der Waals surface area contributed by atoms with Crippen LogP contribution in [0.1, 0.15) is 33.6 Å². The number of alkyl halides is 1. The van der Waals surface area contributed by atoms with E-state index in [1.54, 1.807) is 0 Å². The van der Waals surface area contributed by atoms with Gasteiger partial charge in [-0.25, -0.2) is 0 Å². The molecule has 1 heteroatoms. The lowest BCUT2D eigenvalue weighted by Gasteiger charge is -2.18. The summed E-state index contributed by atoms with van der Waals surface area (Å²) in [6.07, 6.45) is 2.67. The van der Waals surface area contributed by atoms with Crippen molar-refractivity contribution in [3.05, 3.63) is 0 Å². The van der Waals surface area contributed by atoms with Crippen LogP contribution in [-0.4, -0.2) is 5.88 Å². The van der Waals surface area contributed by atoms with Gasteiger partial charge in [-0.1, -0.05) is 20.8 Å². The van der Waals surface area contributed by atoms with Gasteiger partial charge in [-0.3, -0.25) is 0 Å². The Morgan fingerprint density at radius 3 is 2.30 bits per heavy atom. The molecule has 0 N–H and O–H groups in total. The lowest BCUT2D eigenvalue weighted by Crippen LogP contribution is -2.11. The second-order valence-corrected chi connectivity index (χ2v) is 4.11. The van der Waals surface area contributed by atoms with E-state index in [-0.39, 0.29) is 0 Å². The van der Waals surface area contributed by atoms with Crippen LogP contribution < -0.4 is 0 Å². The van der Waals surface area contributed by atoms with Crippen LogP contribution in [0.3, 0.4) is 0 Å². The molecule has 1 fully saturated rings. The van der Waals surface area contributed by atoms with Gasteiger partial charge in [-0.2, -0.15) is 0 Å². The molecular formula is C9H17Cl. The topological polar surface area (TPSA) is 0 Å². The normalized spacial score (nSPS) is 38.7. The molecule has 1 rings (SSSR count). The van der Waals surface area contributed by atoms with E-state index >= 15 is 0 Å². The molecule has 0 aromatic rings. The monoisotopic (exact) mass is 160 g/mol. The molecule has 60 valence electrons. The molecule has 0 nitrogen and oxygen atoms in total. The van der Waals surface area contributed by atoms with Gasteiger partial charge in [-0.15, -0.1) is 11.6 Å². The first-order valence-corrected chi connectivity index (χ1v) is 4.76. The molecule has 0 bridgehead atoms. The molecule has 1 aliphatic carbocycles. The average Bonchev–Trinajstić information content (AvgIpc) is 2.62. The average molecular weight is 161 g/mol. The van der Waals surface area contributed by atoms with E-state index in [1.807, 2.05) is 0 Å². The third-order valence-electron chi connectivity index (χ3n) is 3.27. The minimum atomic E-state index is 0.627. The van der Waals surface area contributed by atoms with Crippen molar-refractivity contribution in [1.29, 1.82) is 0 Å². The first kappa shape index (κ1) is 8.39. The summed E-state index contributed by atoms with van der Waals surface area (Å²) in [7, 11) is 0. The summed E-state index contributed by atoms with van der Waals surface area (Å²) < 4.78 is 0. The summed E-state index contributed by atoms with van der Waals surface area (Å²) in [5.74, 6) is 2.51. The predicted molar refractivity (Wildman–Crippen MR) is 46.4 cm³/mol. The van der Waals surface area contributed by atoms with Crippen molar-refractivity contribution in [2.75, 3.05) is 5.88 Å². The first-order valence-electron chi connectivity index (χ1n) is 4.23. The molecule has 0 radical (unpaired) electrons. The van der Waals surface area contributed by atoms with Gasteiger partial charge < -0.3 is 0 Å². The van der Waals surface area contributed by atoms with Crippen molar-refractivity contribution in [1.82, 2.24) is 0 Å². The largest absolute Gasteiger partial charge is 0.126 e. The molecule has 0 saturated heterocycles. The summed E-state index contributed by atoms with van der Waals surface area (Å²) in [4.78, 5) is 0. The van der Waals surface area contributed by atoms with E-state index in [0.717, 1.165) is 17.7 Å². The van der Waals surface area contributed by atoms with Gasteiger partial charge in [-0.05, 0) is 30.1 Å². The Morgan fingerprint density at radius 2 is 2.20 bits per heavy atom. The zero-order valence-electron chi connectivity index (χ0n) is 7.15. The van der Waals surface area contributed by atoms with Crippen molar-refractivity contribution >= 4 is 11.6 Å². The molecule has 10 heavy (non-hydrogen) atoms. The summed E-state index contributed by atoms with van der Waals surface area (Å²) in [5.41, 5.74) is 0.627. The Balaban J connectivity index is 2.50. The lowest BCUT2D eigenvalue weighted by atomic mass is 9.88. The highest BCUT2D eigenvalue weighted by atomic mass is 35.5. The van der Waals surface area contributed by atoms with Gasteiger partial charge in [0.1, 0.15) is 0 Å². The van der Waals surface area contributed by atoms with Crippen LogP contribution in [0.25, 0.3) is 0 Å². The maximum absolute atomic E-state index is 5.81. The van der Waals surface area contributed by atoms with E-state index in [0.29, 0.717) is 5.41 Å². The molecule has 0 aromatic carbocycles. The summed E-state index contributed by atoms with van der Waals surface area (Å²) >= 11 is 5.81. The van der Waals surface area contributed by atoms with E-state index in [1.165, 1.54) is 12.8 Å². The molecular weight excluding hydrogens is 144 g/mol. The van der Waals surface area contributed by atoms with Crippen molar-refractivity contribution in [3.8, 4) is 0 Å². The van der Waals surface area contributed by atoms with Gasteiger partial charge in [0.25, 0.3) is 0 Å². The van der Waals surface area contributed by atoms with Crippen molar-refractivity contribution < 1.29 is 0 Å². The second-order valence-electron chi connectivity index (χ2n) is 3.80. The quantitative estimate of drug-likeness (QED) is 0.556. The minimum absolute atomic E-state index is 0.627. The molecule has 0 spiro atoms. The Bertz CT molecular complexity index is 120. The van der Waals surface area contributed by atoms with Crippen LogP contribution in [0.5, 0.6) is 0 Å². The molecule has 1 saturated carbocycles. The van der Waals surface area contributed by atoms with E-state index in [2.05, 4.69) is 20.8 Å². The zero-order chi connectivity index (χ0) is 7.78. The highest BCUT2D eigenvalue weighted by Gasteiger charge is 2.53. The smallest absolute Gasteiger partial charge is 0.0257 e. The predicted octanol–water partition coefficient (Wildman–Crippen LogP) is 3.30. The fraction of sp³-hybridized carbons (Fsp3) is 1.00. The van der Waals surface area contributed by atoms with Crippen LogP contribution >= 0.6 is 11.6 Å². The zero-order valence-corrected chi connectivity index (χ0v) is 7.91. The Hall–Kier alpha value is 0.290. The molecule has 0 aromatic heterocycles. The summed E-state index contributed by atoms with van der Waals surface area (Å²) in [5, 5.41) is 0. The molecule has 0 amide bonds. The fourth-order valence-corrected chi connectivity index (χ4v) is 2.57. The SMILES string of the molecule is CCC1(C(C)C)CC1CCl. The molecule has 0 heterocycles. The van der Waals surface area contributed by atoms with Crippen LogP contribution in [-0.2, 0) is 0 Å². The number of rotatable bonds is 3. The number of halogens is 1. The summed E-state index contributed by atoms with van der Waals surface area (Å²) in [6.45, 7) is 6.92. The van der Waals surface area contributed by atoms with Crippen LogP contribution in [0, 0.1) is 17.3 Å². The summed E-state index contributed by atoms with van der Waals surface area (Å²) in [6, 6.07) is 0. The van der Waals surface area contributed by atoms with Crippen molar-refractivity contribution in [2.24, 2.45) is 17.3 Å². The highest BCUT2D eigenvalue weighted by molar-refractivity contribution is 6.18. The highest BCUT2D eigenvalue weighted by Crippen LogP contribution is 2.60. The van der Waals surface area contributed by atoms with Gasteiger partial charge in [0.15, 0.2) is 0 Å². The fourth-order valence-electron chi connectivity index (χ4n) is 2.16. The second kappa shape index (κ2) is 2.73. The molecule has 2 unspecified atom stereocenters. The van der Waals surface area contributed by atoms with E-state index in [9.17, 15) is 0 Å². The molecule has 1 aliphatic rings. The maximum atomic E-state index is 5.81. The van der Waals surface area contributed by atoms with Gasteiger partial charge in [0.2, 0.25) is 0 Å². The molecule has 2 atom stereocenters. The Labute approximate surface area is 69.0 Å². The van der Waals surface area contributed by atoms with Crippen molar-refractivity contribution in [3.63, 3.8) is 0 Å². The Morgan fingerprint density at radius 1 is 1.60 bits per heavy atom. The Kier molecular flexibility index (Phi) is 2.29. The van der Waals surface area contributed by atoms with E-state index in [4.69, 9.17) is 11.6 Å². The minimum Gasteiger partial charge on any atom is -0.126 e. The van der Waals surface area contributed by atoms with Crippen molar-refractivity contribution in [2.45, 2.75) is 33.6 Å². The van der Waals surface area contributed by atoms with Gasteiger partial charge in [0, 0.05) is 5.88 Å². The van der Waals surface area contributed by atoms with Crippen LogP contribution in [0.4, 0.5) is 0 Å². The number of hydrogen-bond donors (Lipinski definition) is 0. The third-order valence-corrected chi connectivity index (χ3v) is 3.65. The standard InChI is InChI=1S/C9H17Cl/c1-4-9(7(2)3)5-8(9)6-10/h7-8H,4-6H2,1-3H3. The third kappa shape index (κ3) is 1.07. The van der Waals surface area contributed by atoms with E-state index < -0.39 is 0 Å². The lowest BCUT2D eigenvalue weighted by molar-refractivity contribution is 0.320. The van der Waals surface area contributed by atoms with Crippen LogP contribution in [0.15, 0.2) is 0 Å². The molecule has 0 aliphatic heterocycles. The number of hydrogen-bond acceptors (Lipinski definition) is 0. The first-order chi connectivity index (χ1) is 4.67.